The number of rotatable bonds is 20. The van der Waals surface area contributed by atoms with Gasteiger partial charge in [-0.05, 0) is 85.2 Å². The van der Waals surface area contributed by atoms with Crippen molar-refractivity contribution >= 4 is 23.6 Å². The molecule has 53 heavy (non-hydrogen) atoms. The molecule has 0 saturated heterocycles. The van der Waals surface area contributed by atoms with E-state index in [0.29, 0.717) is 36.7 Å². The number of carbonyl (C=O) groups is 3. The van der Waals surface area contributed by atoms with E-state index >= 15 is 0 Å². The average Bonchev–Trinajstić information content (AvgIpc) is 3.26. The van der Waals surface area contributed by atoms with Gasteiger partial charge in [0.15, 0.2) is 0 Å². The molecule has 0 fully saturated rings. The molecule has 1 unspecified atom stereocenters. The van der Waals surface area contributed by atoms with Crippen LogP contribution in [0.4, 0.5) is 19.0 Å². The number of benzene rings is 2. The highest BCUT2D eigenvalue weighted by molar-refractivity contribution is 5.96. The predicted octanol–water partition coefficient (Wildman–Crippen LogP) is 9.64. The first-order valence-corrected chi connectivity index (χ1v) is 19.0. The van der Waals surface area contributed by atoms with Crippen LogP contribution < -0.4 is 9.64 Å². The molecular formula is C42H54F3N3O5. The van der Waals surface area contributed by atoms with Crippen LogP contribution in [0.2, 0.25) is 0 Å². The fourth-order valence-corrected chi connectivity index (χ4v) is 7.23. The van der Waals surface area contributed by atoms with Crippen LogP contribution in [0.15, 0.2) is 66.9 Å². The molecular weight excluding hydrogens is 683 g/mol. The molecule has 0 spiro atoms. The molecule has 1 aromatic heterocycles. The maximum atomic E-state index is 14.6. The number of alkyl halides is 3. The van der Waals surface area contributed by atoms with Crippen molar-refractivity contribution in [2.45, 2.75) is 117 Å². The Kier molecular flexibility index (Phi) is 15.3. The van der Waals surface area contributed by atoms with Crippen LogP contribution in [-0.2, 0) is 40.1 Å². The van der Waals surface area contributed by atoms with Crippen molar-refractivity contribution in [3.05, 3.63) is 89.1 Å². The summed E-state index contributed by atoms with van der Waals surface area (Å²) in [5, 5.41) is 9.55. The third kappa shape index (κ3) is 11.5. The lowest BCUT2D eigenvalue weighted by molar-refractivity contribution is -0.144. The van der Waals surface area contributed by atoms with Gasteiger partial charge in [-0.25, -0.2) is 4.98 Å². The number of hydrogen-bond donors (Lipinski definition) is 1. The summed E-state index contributed by atoms with van der Waals surface area (Å²) < 4.78 is 45.7. The molecule has 2 amide bonds. The summed E-state index contributed by atoms with van der Waals surface area (Å²) in [5.41, 5.74) is 0.886. The highest BCUT2D eigenvalue weighted by Gasteiger charge is 2.40. The number of aromatic nitrogens is 1. The molecule has 0 aliphatic carbocycles. The number of fused-ring (bicyclic) bond motifs is 1. The Hall–Kier alpha value is -4.41. The third-order valence-corrected chi connectivity index (χ3v) is 10.2. The minimum atomic E-state index is -4.48. The van der Waals surface area contributed by atoms with E-state index in [0.717, 1.165) is 81.0 Å². The van der Waals surface area contributed by atoms with Crippen LogP contribution in [0.5, 0.6) is 5.75 Å². The number of halogens is 3. The first-order chi connectivity index (χ1) is 25.4. The first-order valence-electron chi connectivity index (χ1n) is 19.0. The maximum absolute atomic E-state index is 14.6. The van der Waals surface area contributed by atoms with Gasteiger partial charge in [-0.2, -0.15) is 13.2 Å². The highest BCUT2D eigenvalue weighted by Crippen LogP contribution is 2.40. The van der Waals surface area contributed by atoms with E-state index in [-0.39, 0.29) is 37.7 Å². The van der Waals surface area contributed by atoms with Gasteiger partial charge in [0, 0.05) is 31.2 Å². The average molecular weight is 738 g/mol. The molecule has 0 radical (unpaired) electrons. The zero-order valence-corrected chi connectivity index (χ0v) is 31.3. The topological polar surface area (TPSA) is 100 Å². The SMILES string of the molecule is CCCCC(CCCC)(CCCC)C(=O)N(CCCOc1ccc2c(c1)CN(Cc1ccc(C(F)(F)F)cc1)C(=O)C(CC(=O)O)C2)c1ccccn1. The smallest absolute Gasteiger partial charge is 0.416 e. The first kappa shape index (κ1) is 41.3. The summed E-state index contributed by atoms with van der Waals surface area (Å²) in [6, 6.07) is 15.8. The summed E-state index contributed by atoms with van der Waals surface area (Å²) in [6.07, 6.45) is 6.21. The molecule has 2 aromatic carbocycles. The number of carbonyl (C=O) groups excluding carboxylic acids is 2. The largest absolute Gasteiger partial charge is 0.494 e. The van der Waals surface area contributed by atoms with Gasteiger partial charge in [-0.1, -0.05) is 83.6 Å². The van der Waals surface area contributed by atoms with Gasteiger partial charge in [-0.3, -0.25) is 19.3 Å². The quantitative estimate of drug-likeness (QED) is 0.116. The molecule has 0 bridgehead atoms. The fourth-order valence-electron chi connectivity index (χ4n) is 7.23. The van der Waals surface area contributed by atoms with Gasteiger partial charge in [0.1, 0.15) is 11.6 Å². The van der Waals surface area contributed by atoms with E-state index in [1.165, 1.54) is 17.0 Å². The minimum Gasteiger partial charge on any atom is -0.494 e. The molecule has 3 aromatic rings. The lowest BCUT2D eigenvalue weighted by Gasteiger charge is -2.37. The number of nitrogens with zero attached hydrogens (tertiary/aromatic N) is 3. The Morgan fingerprint density at radius 3 is 2.13 bits per heavy atom. The third-order valence-electron chi connectivity index (χ3n) is 10.2. The second-order valence-corrected chi connectivity index (χ2v) is 14.3. The van der Waals surface area contributed by atoms with Crippen molar-refractivity contribution in [3.63, 3.8) is 0 Å². The number of amides is 2. The molecule has 8 nitrogen and oxygen atoms in total. The molecule has 1 aliphatic rings. The Morgan fingerprint density at radius 2 is 1.57 bits per heavy atom. The zero-order valence-electron chi connectivity index (χ0n) is 31.3. The summed E-state index contributed by atoms with van der Waals surface area (Å²) in [6.45, 7) is 7.41. The molecule has 2 heterocycles. The molecule has 4 rings (SSSR count). The Bertz CT molecular complexity index is 1610. The lowest BCUT2D eigenvalue weighted by atomic mass is 9.73. The molecule has 288 valence electrons. The summed E-state index contributed by atoms with van der Waals surface area (Å²) in [4.78, 5) is 47.8. The number of anilines is 1. The number of ether oxygens (including phenoxy) is 1. The van der Waals surface area contributed by atoms with Gasteiger partial charge < -0.3 is 14.7 Å². The van der Waals surface area contributed by atoms with Crippen LogP contribution in [0.1, 0.15) is 114 Å². The van der Waals surface area contributed by atoms with Crippen molar-refractivity contribution in [2.75, 3.05) is 18.1 Å². The van der Waals surface area contributed by atoms with Crippen molar-refractivity contribution in [1.82, 2.24) is 9.88 Å². The maximum Gasteiger partial charge on any atom is 0.416 e. The number of carboxylic acid groups (broad SMARTS) is 1. The second-order valence-electron chi connectivity index (χ2n) is 14.3. The number of pyridine rings is 1. The van der Waals surface area contributed by atoms with Gasteiger partial charge in [-0.15, -0.1) is 0 Å². The fraction of sp³-hybridized carbons (Fsp3) is 0.524. The number of aliphatic carboxylic acids is 1. The Morgan fingerprint density at radius 1 is 0.906 bits per heavy atom. The normalized spacial score (nSPS) is 14.8. The van der Waals surface area contributed by atoms with Crippen LogP contribution >= 0.6 is 0 Å². The molecule has 1 N–H and O–H groups in total. The van der Waals surface area contributed by atoms with E-state index in [4.69, 9.17) is 4.74 Å². The minimum absolute atomic E-state index is 0.0330. The molecule has 1 atom stereocenters. The summed E-state index contributed by atoms with van der Waals surface area (Å²) >= 11 is 0. The molecule has 1 aliphatic heterocycles. The number of hydrogen-bond acceptors (Lipinski definition) is 5. The number of carboxylic acids is 1. The van der Waals surface area contributed by atoms with E-state index in [2.05, 4.69) is 25.8 Å². The van der Waals surface area contributed by atoms with Gasteiger partial charge >= 0.3 is 12.1 Å². The number of unbranched alkanes of at least 4 members (excludes halogenated alkanes) is 3. The van der Waals surface area contributed by atoms with Crippen LogP contribution in [0.25, 0.3) is 0 Å². The summed E-state index contributed by atoms with van der Waals surface area (Å²) in [7, 11) is 0. The summed E-state index contributed by atoms with van der Waals surface area (Å²) in [5.74, 6) is -0.947. The Balaban J connectivity index is 1.51. The van der Waals surface area contributed by atoms with Crippen molar-refractivity contribution < 1.29 is 37.4 Å². The zero-order chi connectivity index (χ0) is 38.4. The molecule has 0 saturated carbocycles. The van der Waals surface area contributed by atoms with Crippen LogP contribution in [-0.4, -0.2) is 45.9 Å². The van der Waals surface area contributed by atoms with Gasteiger partial charge in [0.25, 0.3) is 0 Å². The highest BCUT2D eigenvalue weighted by atomic mass is 19.4. The second kappa shape index (κ2) is 19.6. The van der Waals surface area contributed by atoms with Gasteiger partial charge in [0.05, 0.1) is 24.5 Å². The standard InChI is InChI=1S/C42H54F3N3O5/c1-4-7-20-41(21-8-5-2,22-9-6-3)40(52)48(37-13-10-11-23-46-37)24-12-25-53-36-19-16-32-26-33(28-38(49)50)39(51)47(30-34(32)27-36)29-31-14-17-35(18-15-31)42(43,44)45/h10-11,13-19,23,27,33H,4-9,12,20-22,24-26,28-30H2,1-3H3,(H,49,50). The van der Waals surface area contributed by atoms with Crippen LogP contribution in [0, 0.1) is 11.3 Å². The van der Waals surface area contributed by atoms with Crippen molar-refractivity contribution in [2.24, 2.45) is 11.3 Å². The van der Waals surface area contributed by atoms with E-state index in [1.807, 2.05) is 35.2 Å². The van der Waals surface area contributed by atoms with E-state index in [9.17, 15) is 32.7 Å². The Labute approximate surface area is 311 Å². The van der Waals surface area contributed by atoms with Crippen molar-refractivity contribution in [1.29, 1.82) is 0 Å². The van der Waals surface area contributed by atoms with Crippen molar-refractivity contribution in [3.8, 4) is 5.75 Å². The predicted molar refractivity (Wildman–Crippen MR) is 199 cm³/mol. The van der Waals surface area contributed by atoms with E-state index < -0.39 is 29.0 Å². The molecule has 11 heteroatoms. The lowest BCUT2D eigenvalue weighted by Crippen LogP contribution is -2.45. The van der Waals surface area contributed by atoms with Crippen LogP contribution in [0.3, 0.4) is 0 Å². The monoisotopic (exact) mass is 737 g/mol. The van der Waals surface area contributed by atoms with E-state index in [1.54, 1.807) is 12.3 Å². The van der Waals surface area contributed by atoms with Gasteiger partial charge in [0.2, 0.25) is 11.8 Å².